The smallest absolute Gasteiger partial charge is 0.307 e. The van der Waals surface area contributed by atoms with E-state index in [1.54, 1.807) is 36.3 Å². The molecule has 104 valence electrons. The fraction of sp³-hybridized carbons (Fsp3) is 0.429. The number of hydrogen-bond acceptors (Lipinski definition) is 4. The molecule has 1 aromatic carbocycles. The van der Waals surface area contributed by atoms with E-state index in [0.717, 1.165) is 0 Å². The summed E-state index contributed by atoms with van der Waals surface area (Å²) < 4.78 is 9.61. The molecule has 0 N–H and O–H groups in total. The molecular weight excluding hydrogens is 246 g/mol. The Morgan fingerprint density at radius 1 is 1.16 bits per heavy atom. The number of carbonyl (C=O) groups is 2. The monoisotopic (exact) mass is 265 g/mol. The van der Waals surface area contributed by atoms with Crippen LogP contribution in [0.15, 0.2) is 24.3 Å². The number of amides is 1. The van der Waals surface area contributed by atoms with Gasteiger partial charge in [-0.1, -0.05) is 0 Å². The van der Waals surface area contributed by atoms with Gasteiger partial charge in [-0.2, -0.15) is 0 Å². The number of rotatable bonds is 6. The first kappa shape index (κ1) is 15.0. The second-order valence-electron chi connectivity index (χ2n) is 3.94. The van der Waals surface area contributed by atoms with Gasteiger partial charge in [-0.05, 0) is 31.2 Å². The number of hydrogen-bond donors (Lipinski definition) is 0. The van der Waals surface area contributed by atoms with E-state index < -0.39 is 0 Å². The highest BCUT2D eigenvalue weighted by molar-refractivity contribution is 5.94. The largest absolute Gasteiger partial charge is 0.497 e. The van der Waals surface area contributed by atoms with E-state index in [2.05, 4.69) is 4.74 Å². The molecule has 5 heteroatoms. The Bertz CT molecular complexity index is 428. The van der Waals surface area contributed by atoms with Crippen LogP contribution in [0.4, 0.5) is 0 Å². The lowest BCUT2D eigenvalue weighted by atomic mass is 10.2. The van der Waals surface area contributed by atoms with Gasteiger partial charge in [0.15, 0.2) is 0 Å². The zero-order valence-corrected chi connectivity index (χ0v) is 11.5. The van der Waals surface area contributed by atoms with Crippen LogP contribution in [0.1, 0.15) is 23.7 Å². The summed E-state index contributed by atoms with van der Waals surface area (Å²) in [5, 5.41) is 0. The molecule has 1 amide bonds. The van der Waals surface area contributed by atoms with Crippen LogP contribution < -0.4 is 4.74 Å². The molecule has 1 aromatic rings. The van der Waals surface area contributed by atoms with Gasteiger partial charge in [0.05, 0.1) is 20.6 Å². The molecule has 0 fully saturated rings. The van der Waals surface area contributed by atoms with E-state index in [1.165, 1.54) is 7.11 Å². The van der Waals surface area contributed by atoms with Crippen LogP contribution in [-0.4, -0.2) is 44.1 Å². The van der Waals surface area contributed by atoms with Crippen LogP contribution in [0, 0.1) is 0 Å². The molecule has 0 aliphatic carbocycles. The second kappa shape index (κ2) is 7.41. The third-order valence-electron chi connectivity index (χ3n) is 2.82. The van der Waals surface area contributed by atoms with Gasteiger partial charge in [0, 0.05) is 18.7 Å². The van der Waals surface area contributed by atoms with Gasteiger partial charge >= 0.3 is 5.97 Å². The van der Waals surface area contributed by atoms with Crippen molar-refractivity contribution in [1.82, 2.24) is 4.90 Å². The predicted molar refractivity (Wildman–Crippen MR) is 71.2 cm³/mol. The van der Waals surface area contributed by atoms with Crippen LogP contribution in [0.3, 0.4) is 0 Å². The van der Waals surface area contributed by atoms with E-state index in [4.69, 9.17) is 4.74 Å². The molecule has 19 heavy (non-hydrogen) atoms. The molecule has 0 atom stereocenters. The highest BCUT2D eigenvalue weighted by Crippen LogP contribution is 2.13. The van der Waals surface area contributed by atoms with Gasteiger partial charge < -0.3 is 14.4 Å². The molecule has 0 aliphatic heterocycles. The van der Waals surface area contributed by atoms with E-state index >= 15 is 0 Å². The molecule has 0 aromatic heterocycles. The van der Waals surface area contributed by atoms with Gasteiger partial charge in [-0.3, -0.25) is 9.59 Å². The number of benzene rings is 1. The Hall–Kier alpha value is -2.04. The Kier molecular flexibility index (Phi) is 5.85. The Morgan fingerprint density at radius 3 is 2.26 bits per heavy atom. The van der Waals surface area contributed by atoms with Crippen LogP contribution >= 0.6 is 0 Å². The summed E-state index contributed by atoms with van der Waals surface area (Å²) >= 11 is 0. The number of esters is 1. The Labute approximate surface area is 113 Å². The van der Waals surface area contributed by atoms with Crippen molar-refractivity contribution in [2.45, 2.75) is 13.3 Å². The second-order valence-corrected chi connectivity index (χ2v) is 3.94. The number of nitrogens with zero attached hydrogens (tertiary/aromatic N) is 1. The summed E-state index contributed by atoms with van der Waals surface area (Å²) in [6.45, 7) is 2.77. The molecule has 0 saturated heterocycles. The number of ether oxygens (including phenoxy) is 2. The first-order valence-electron chi connectivity index (χ1n) is 6.12. The van der Waals surface area contributed by atoms with Crippen molar-refractivity contribution in [3.63, 3.8) is 0 Å². The maximum Gasteiger partial charge on any atom is 0.307 e. The van der Waals surface area contributed by atoms with Gasteiger partial charge in [-0.25, -0.2) is 0 Å². The van der Waals surface area contributed by atoms with Gasteiger partial charge in [0.2, 0.25) is 0 Å². The lowest BCUT2D eigenvalue weighted by Crippen LogP contribution is -2.33. The van der Waals surface area contributed by atoms with Crippen LogP contribution in [-0.2, 0) is 9.53 Å². The van der Waals surface area contributed by atoms with Crippen LogP contribution in [0.25, 0.3) is 0 Å². The van der Waals surface area contributed by atoms with E-state index in [9.17, 15) is 9.59 Å². The lowest BCUT2D eigenvalue weighted by molar-refractivity contribution is -0.140. The third-order valence-corrected chi connectivity index (χ3v) is 2.82. The SMILES string of the molecule is CCN(CCC(=O)OC)C(=O)c1ccc(OC)cc1. The lowest BCUT2D eigenvalue weighted by Gasteiger charge is -2.20. The minimum Gasteiger partial charge on any atom is -0.497 e. The molecular formula is C14H19NO4. The molecule has 0 aliphatic rings. The fourth-order valence-electron chi connectivity index (χ4n) is 1.65. The van der Waals surface area contributed by atoms with Crippen molar-refractivity contribution < 1.29 is 19.1 Å². The predicted octanol–water partition coefficient (Wildman–Crippen LogP) is 1.72. The average molecular weight is 265 g/mol. The van der Waals surface area contributed by atoms with Gasteiger partial charge in [0.25, 0.3) is 5.91 Å². The maximum atomic E-state index is 12.2. The topological polar surface area (TPSA) is 55.8 Å². The molecule has 0 heterocycles. The highest BCUT2D eigenvalue weighted by atomic mass is 16.5. The molecule has 0 saturated carbocycles. The average Bonchev–Trinajstić information content (AvgIpc) is 2.47. The van der Waals surface area contributed by atoms with Crippen molar-refractivity contribution in [1.29, 1.82) is 0 Å². The zero-order chi connectivity index (χ0) is 14.3. The summed E-state index contributed by atoms with van der Waals surface area (Å²) in [5.74, 6) is 0.282. The summed E-state index contributed by atoms with van der Waals surface area (Å²) in [5.41, 5.74) is 0.576. The molecule has 0 radical (unpaired) electrons. The van der Waals surface area contributed by atoms with E-state index in [0.29, 0.717) is 24.4 Å². The summed E-state index contributed by atoms with van der Waals surface area (Å²) in [4.78, 5) is 24.9. The molecule has 5 nitrogen and oxygen atoms in total. The minimum atomic E-state index is -0.319. The molecule has 1 rings (SSSR count). The van der Waals surface area contributed by atoms with Crippen molar-refractivity contribution >= 4 is 11.9 Å². The Morgan fingerprint density at radius 2 is 1.79 bits per heavy atom. The maximum absolute atomic E-state index is 12.2. The van der Waals surface area contributed by atoms with E-state index in [1.807, 2.05) is 6.92 Å². The number of carbonyl (C=O) groups excluding carboxylic acids is 2. The summed E-state index contributed by atoms with van der Waals surface area (Å²) in [7, 11) is 2.91. The number of methoxy groups -OCH3 is 2. The molecule has 0 spiro atoms. The zero-order valence-electron chi connectivity index (χ0n) is 11.5. The first-order valence-corrected chi connectivity index (χ1v) is 6.12. The molecule has 0 unspecified atom stereocenters. The van der Waals surface area contributed by atoms with Crippen molar-refractivity contribution in [3.05, 3.63) is 29.8 Å². The first-order chi connectivity index (χ1) is 9.12. The van der Waals surface area contributed by atoms with Crippen LogP contribution in [0.5, 0.6) is 5.75 Å². The van der Waals surface area contributed by atoms with Crippen LogP contribution in [0.2, 0.25) is 0 Å². The fourth-order valence-corrected chi connectivity index (χ4v) is 1.65. The third kappa shape index (κ3) is 4.28. The van der Waals surface area contributed by atoms with Crippen molar-refractivity contribution in [3.8, 4) is 5.75 Å². The highest BCUT2D eigenvalue weighted by Gasteiger charge is 2.15. The minimum absolute atomic E-state index is 0.103. The Balaban J connectivity index is 2.68. The van der Waals surface area contributed by atoms with E-state index in [-0.39, 0.29) is 18.3 Å². The van der Waals surface area contributed by atoms with Gasteiger partial charge in [0.1, 0.15) is 5.75 Å². The molecule has 0 bridgehead atoms. The van der Waals surface area contributed by atoms with Gasteiger partial charge in [-0.15, -0.1) is 0 Å². The summed E-state index contributed by atoms with van der Waals surface area (Å²) in [6.07, 6.45) is 0.201. The standard InChI is InChI=1S/C14H19NO4/c1-4-15(10-9-13(16)19-3)14(17)11-5-7-12(18-2)8-6-11/h5-8H,4,9-10H2,1-3H3. The summed E-state index contributed by atoms with van der Waals surface area (Å²) in [6, 6.07) is 6.90. The van der Waals surface area contributed by atoms with Crippen molar-refractivity contribution in [2.24, 2.45) is 0 Å². The van der Waals surface area contributed by atoms with Crippen molar-refractivity contribution in [2.75, 3.05) is 27.3 Å². The normalized spacial score (nSPS) is 9.84. The quantitative estimate of drug-likeness (QED) is 0.735.